The maximum absolute atomic E-state index is 6.00. The monoisotopic (exact) mass is 239 g/mol. The zero-order valence-electron chi connectivity index (χ0n) is 11.8. The topological polar surface area (TPSA) is 21.3 Å². The van der Waals surface area contributed by atoms with Crippen LogP contribution >= 0.6 is 0 Å². The van der Waals surface area contributed by atoms with Crippen LogP contribution in [0.5, 0.6) is 0 Å². The van der Waals surface area contributed by atoms with Crippen LogP contribution in [-0.4, -0.2) is 25.3 Å². The second-order valence-electron chi connectivity index (χ2n) is 6.46. The summed E-state index contributed by atoms with van der Waals surface area (Å²) in [7, 11) is 2.10. The average Bonchev–Trinajstić information content (AvgIpc) is 2.28. The molecule has 100 valence electrons. The first-order valence-corrected chi connectivity index (χ1v) is 7.46. The van der Waals surface area contributed by atoms with Crippen LogP contribution in [0.25, 0.3) is 0 Å². The van der Waals surface area contributed by atoms with Gasteiger partial charge in [0.05, 0.1) is 5.60 Å². The molecule has 2 aliphatic rings. The summed E-state index contributed by atoms with van der Waals surface area (Å²) in [6.45, 7) is 5.65. The average molecular weight is 239 g/mol. The van der Waals surface area contributed by atoms with E-state index in [0.29, 0.717) is 11.6 Å². The van der Waals surface area contributed by atoms with Gasteiger partial charge in [-0.15, -0.1) is 0 Å². The molecule has 1 aliphatic heterocycles. The van der Waals surface area contributed by atoms with Crippen molar-refractivity contribution in [1.82, 2.24) is 5.32 Å². The Bertz CT molecular complexity index is 235. The molecule has 1 aliphatic carbocycles. The van der Waals surface area contributed by atoms with Gasteiger partial charge >= 0.3 is 0 Å². The molecule has 1 saturated carbocycles. The molecule has 0 radical (unpaired) electrons. The van der Waals surface area contributed by atoms with Crippen molar-refractivity contribution in [2.24, 2.45) is 11.8 Å². The zero-order chi connectivity index (χ0) is 12.3. The van der Waals surface area contributed by atoms with Crippen LogP contribution in [0.2, 0.25) is 0 Å². The van der Waals surface area contributed by atoms with Crippen LogP contribution in [0.1, 0.15) is 58.8 Å². The Kier molecular flexibility index (Phi) is 4.48. The van der Waals surface area contributed by atoms with E-state index in [4.69, 9.17) is 4.74 Å². The minimum atomic E-state index is 0.329. The van der Waals surface area contributed by atoms with Crippen molar-refractivity contribution >= 4 is 0 Å². The van der Waals surface area contributed by atoms with Gasteiger partial charge in [0.2, 0.25) is 0 Å². The molecule has 0 amide bonds. The molecule has 17 heavy (non-hydrogen) atoms. The maximum atomic E-state index is 6.00. The summed E-state index contributed by atoms with van der Waals surface area (Å²) in [6.07, 6.45) is 9.37. The van der Waals surface area contributed by atoms with Gasteiger partial charge in [-0.05, 0) is 63.8 Å². The molecular formula is C15H29NO. The predicted molar refractivity (Wildman–Crippen MR) is 72.2 cm³/mol. The minimum absolute atomic E-state index is 0.329. The van der Waals surface area contributed by atoms with E-state index < -0.39 is 0 Å². The summed E-state index contributed by atoms with van der Waals surface area (Å²) in [5.41, 5.74) is 0.329. The Morgan fingerprint density at radius 2 is 2.12 bits per heavy atom. The molecule has 0 aromatic heterocycles. The van der Waals surface area contributed by atoms with Crippen LogP contribution in [-0.2, 0) is 4.74 Å². The van der Waals surface area contributed by atoms with E-state index >= 15 is 0 Å². The Morgan fingerprint density at radius 1 is 1.35 bits per heavy atom. The largest absolute Gasteiger partial charge is 0.375 e. The highest BCUT2D eigenvalue weighted by atomic mass is 16.5. The van der Waals surface area contributed by atoms with Crippen molar-refractivity contribution in [3.63, 3.8) is 0 Å². The SMILES string of the molecule is CNC(CCC1CCOC2(CCC2)C1)C(C)C. The normalized spacial score (nSPS) is 29.3. The van der Waals surface area contributed by atoms with Crippen LogP contribution in [0, 0.1) is 11.8 Å². The van der Waals surface area contributed by atoms with Gasteiger partial charge in [-0.25, -0.2) is 0 Å². The van der Waals surface area contributed by atoms with Crippen LogP contribution in [0.4, 0.5) is 0 Å². The van der Waals surface area contributed by atoms with Crippen molar-refractivity contribution in [2.75, 3.05) is 13.7 Å². The number of nitrogens with one attached hydrogen (secondary N) is 1. The van der Waals surface area contributed by atoms with Gasteiger partial charge in [-0.2, -0.15) is 0 Å². The summed E-state index contributed by atoms with van der Waals surface area (Å²) in [6, 6.07) is 0.690. The van der Waals surface area contributed by atoms with Gasteiger partial charge in [0.15, 0.2) is 0 Å². The van der Waals surface area contributed by atoms with Gasteiger partial charge in [-0.3, -0.25) is 0 Å². The van der Waals surface area contributed by atoms with Crippen LogP contribution < -0.4 is 5.32 Å². The van der Waals surface area contributed by atoms with Crippen molar-refractivity contribution in [2.45, 2.75) is 70.4 Å². The van der Waals surface area contributed by atoms with E-state index in [9.17, 15) is 0 Å². The molecule has 1 N–H and O–H groups in total. The third kappa shape index (κ3) is 3.23. The highest BCUT2D eigenvalue weighted by molar-refractivity contribution is 4.94. The molecule has 2 fully saturated rings. The fourth-order valence-electron chi connectivity index (χ4n) is 3.52. The zero-order valence-corrected chi connectivity index (χ0v) is 11.8. The van der Waals surface area contributed by atoms with E-state index in [2.05, 4.69) is 26.2 Å². The van der Waals surface area contributed by atoms with Gasteiger partial charge < -0.3 is 10.1 Å². The molecule has 2 heteroatoms. The van der Waals surface area contributed by atoms with Crippen molar-refractivity contribution < 1.29 is 4.74 Å². The Labute approximate surface area is 107 Å². The van der Waals surface area contributed by atoms with Gasteiger partial charge in [0, 0.05) is 12.6 Å². The van der Waals surface area contributed by atoms with E-state index in [1.165, 1.54) is 44.9 Å². The van der Waals surface area contributed by atoms with Crippen molar-refractivity contribution in [1.29, 1.82) is 0 Å². The first-order valence-electron chi connectivity index (χ1n) is 7.46. The Morgan fingerprint density at radius 3 is 2.65 bits per heavy atom. The summed E-state index contributed by atoms with van der Waals surface area (Å²) in [4.78, 5) is 0. The summed E-state index contributed by atoms with van der Waals surface area (Å²) in [5, 5.41) is 3.46. The lowest BCUT2D eigenvalue weighted by atomic mass is 9.71. The summed E-state index contributed by atoms with van der Waals surface area (Å²) in [5.74, 6) is 1.66. The molecule has 2 atom stereocenters. The van der Waals surface area contributed by atoms with Gasteiger partial charge in [0.1, 0.15) is 0 Å². The minimum Gasteiger partial charge on any atom is -0.375 e. The fourth-order valence-corrected chi connectivity index (χ4v) is 3.52. The molecule has 1 saturated heterocycles. The quantitative estimate of drug-likeness (QED) is 0.794. The Hall–Kier alpha value is -0.0800. The summed E-state index contributed by atoms with van der Waals surface area (Å²) >= 11 is 0. The van der Waals surface area contributed by atoms with Gasteiger partial charge in [-0.1, -0.05) is 13.8 Å². The number of ether oxygens (including phenoxy) is 1. The first-order chi connectivity index (χ1) is 8.15. The third-order valence-corrected chi connectivity index (χ3v) is 4.92. The van der Waals surface area contributed by atoms with Crippen LogP contribution in [0.3, 0.4) is 0 Å². The first kappa shape index (κ1) is 13.4. The lowest BCUT2D eigenvalue weighted by Gasteiger charge is -2.47. The van der Waals surface area contributed by atoms with Crippen molar-refractivity contribution in [3.8, 4) is 0 Å². The Balaban J connectivity index is 1.75. The molecule has 1 spiro atoms. The molecule has 0 aromatic carbocycles. The molecule has 2 rings (SSSR count). The second kappa shape index (κ2) is 5.71. The highest BCUT2D eigenvalue weighted by Gasteiger charge is 2.42. The number of hydrogen-bond donors (Lipinski definition) is 1. The molecule has 2 nitrogen and oxygen atoms in total. The van der Waals surface area contributed by atoms with Crippen LogP contribution in [0.15, 0.2) is 0 Å². The fraction of sp³-hybridized carbons (Fsp3) is 1.00. The van der Waals surface area contributed by atoms with Crippen molar-refractivity contribution in [3.05, 3.63) is 0 Å². The second-order valence-corrected chi connectivity index (χ2v) is 6.46. The van der Waals surface area contributed by atoms with Gasteiger partial charge in [0.25, 0.3) is 0 Å². The number of rotatable bonds is 5. The maximum Gasteiger partial charge on any atom is 0.0685 e. The number of hydrogen-bond acceptors (Lipinski definition) is 2. The third-order valence-electron chi connectivity index (χ3n) is 4.92. The highest BCUT2D eigenvalue weighted by Crippen LogP contribution is 2.45. The predicted octanol–water partition coefficient (Wildman–Crippen LogP) is 3.36. The standard InChI is InChI=1S/C15H29NO/c1-12(2)14(16-3)6-5-13-7-10-17-15(11-13)8-4-9-15/h12-14,16H,4-11H2,1-3H3. The molecule has 2 unspecified atom stereocenters. The molecular weight excluding hydrogens is 210 g/mol. The molecule has 0 aromatic rings. The lowest BCUT2D eigenvalue weighted by molar-refractivity contribution is -0.144. The molecule has 0 bridgehead atoms. The molecule has 1 heterocycles. The summed E-state index contributed by atoms with van der Waals surface area (Å²) < 4.78 is 6.00. The van der Waals surface area contributed by atoms with E-state index in [1.54, 1.807) is 0 Å². The smallest absolute Gasteiger partial charge is 0.0685 e. The lowest BCUT2D eigenvalue weighted by Crippen LogP contribution is -2.45. The van der Waals surface area contributed by atoms with E-state index in [1.807, 2.05) is 0 Å². The van der Waals surface area contributed by atoms with E-state index in [0.717, 1.165) is 18.4 Å². The van der Waals surface area contributed by atoms with E-state index in [-0.39, 0.29) is 0 Å².